The van der Waals surface area contributed by atoms with Crippen molar-refractivity contribution in [1.82, 2.24) is 20.1 Å². The quantitative estimate of drug-likeness (QED) is 0.842. The lowest BCUT2D eigenvalue weighted by atomic mass is 10.1. The molecule has 2 heterocycles. The Kier molecular flexibility index (Phi) is 3.80. The van der Waals surface area contributed by atoms with E-state index in [4.69, 9.17) is 0 Å². The van der Waals surface area contributed by atoms with Crippen molar-refractivity contribution in [2.75, 3.05) is 7.11 Å². The summed E-state index contributed by atoms with van der Waals surface area (Å²) in [4.78, 5) is 20.5. The fourth-order valence-electron chi connectivity index (χ4n) is 2.21. The largest absolute Gasteiger partial charge is 0.277 e. The summed E-state index contributed by atoms with van der Waals surface area (Å²) in [6, 6.07) is 1.95. The summed E-state index contributed by atoms with van der Waals surface area (Å²) in [6.45, 7) is 5.89. The third-order valence-corrected chi connectivity index (χ3v) is 3.10. The van der Waals surface area contributed by atoms with Gasteiger partial charge in [-0.3, -0.25) is 9.63 Å². The number of hydrogen-bond donors (Lipinski definition) is 1. The standard InChI is InChI=1S/C13H18N4O2/c1-8-7-12-14-9(2)11(10(3)17(12)15-8)5-6-13(18)16-19-4/h7H,5-6H2,1-4H3,(H,16,18). The van der Waals surface area contributed by atoms with Crippen LogP contribution in [-0.4, -0.2) is 27.6 Å². The minimum absolute atomic E-state index is 0.141. The zero-order valence-corrected chi connectivity index (χ0v) is 11.6. The van der Waals surface area contributed by atoms with Gasteiger partial charge < -0.3 is 0 Å². The summed E-state index contributed by atoms with van der Waals surface area (Å²) in [6.07, 6.45) is 0.984. The molecule has 0 atom stereocenters. The van der Waals surface area contributed by atoms with E-state index in [1.54, 1.807) is 0 Å². The first-order chi connectivity index (χ1) is 9.02. The van der Waals surface area contributed by atoms with Gasteiger partial charge in [0.1, 0.15) is 0 Å². The van der Waals surface area contributed by atoms with E-state index >= 15 is 0 Å². The monoisotopic (exact) mass is 262 g/mol. The molecule has 2 aromatic rings. The minimum atomic E-state index is -0.141. The molecule has 0 aliphatic carbocycles. The van der Waals surface area contributed by atoms with Crippen LogP contribution in [-0.2, 0) is 16.1 Å². The van der Waals surface area contributed by atoms with E-state index in [1.165, 1.54) is 7.11 Å². The lowest BCUT2D eigenvalue weighted by Gasteiger charge is -2.10. The number of hydrogen-bond acceptors (Lipinski definition) is 4. The second-order valence-electron chi connectivity index (χ2n) is 4.55. The van der Waals surface area contributed by atoms with Crippen LogP contribution >= 0.6 is 0 Å². The maximum Gasteiger partial charge on any atom is 0.243 e. The van der Waals surface area contributed by atoms with Crippen LogP contribution in [0.25, 0.3) is 5.65 Å². The number of hydroxylamine groups is 1. The number of nitrogens with zero attached hydrogens (tertiary/aromatic N) is 3. The van der Waals surface area contributed by atoms with Gasteiger partial charge in [-0.1, -0.05) is 0 Å². The van der Waals surface area contributed by atoms with Crippen molar-refractivity contribution in [3.8, 4) is 0 Å². The van der Waals surface area contributed by atoms with Crippen molar-refractivity contribution >= 4 is 11.6 Å². The van der Waals surface area contributed by atoms with Crippen LogP contribution in [0.1, 0.15) is 29.1 Å². The van der Waals surface area contributed by atoms with Crippen molar-refractivity contribution in [1.29, 1.82) is 0 Å². The van der Waals surface area contributed by atoms with Gasteiger partial charge >= 0.3 is 0 Å². The maximum atomic E-state index is 11.4. The third kappa shape index (κ3) is 2.73. The van der Waals surface area contributed by atoms with Gasteiger partial charge in [0.05, 0.1) is 12.8 Å². The molecule has 1 N–H and O–H groups in total. The van der Waals surface area contributed by atoms with Gasteiger partial charge in [-0.15, -0.1) is 0 Å². The van der Waals surface area contributed by atoms with Gasteiger partial charge in [0, 0.05) is 23.9 Å². The number of aromatic nitrogens is 3. The topological polar surface area (TPSA) is 68.5 Å². The molecule has 0 aliphatic rings. The Balaban J connectivity index is 2.29. The predicted octanol–water partition coefficient (Wildman–Crippen LogP) is 1.26. The second kappa shape index (κ2) is 5.36. The molecule has 0 aromatic carbocycles. The first kappa shape index (κ1) is 13.5. The molecule has 6 heteroatoms. The fraction of sp³-hybridized carbons (Fsp3) is 0.462. The van der Waals surface area contributed by atoms with E-state index in [1.807, 2.05) is 31.4 Å². The molecule has 0 saturated heterocycles. The average molecular weight is 262 g/mol. The highest BCUT2D eigenvalue weighted by atomic mass is 16.6. The Morgan fingerprint density at radius 2 is 2.16 bits per heavy atom. The summed E-state index contributed by atoms with van der Waals surface area (Å²) in [7, 11) is 1.43. The molecule has 0 saturated carbocycles. The predicted molar refractivity (Wildman–Crippen MR) is 70.7 cm³/mol. The molecule has 0 fully saturated rings. The van der Waals surface area contributed by atoms with Gasteiger partial charge in [-0.2, -0.15) is 5.10 Å². The number of amides is 1. The van der Waals surface area contributed by atoms with Crippen molar-refractivity contribution in [3.63, 3.8) is 0 Å². The van der Waals surface area contributed by atoms with Crippen molar-refractivity contribution in [2.45, 2.75) is 33.6 Å². The van der Waals surface area contributed by atoms with Crippen LogP contribution in [0, 0.1) is 20.8 Å². The van der Waals surface area contributed by atoms with Crippen molar-refractivity contribution < 1.29 is 9.63 Å². The Labute approximate surface area is 111 Å². The highest BCUT2D eigenvalue weighted by molar-refractivity contribution is 5.75. The Hall–Kier alpha value is -1.95. The lowest BCUT2D eigenvalue weighted by molar-refractivity contribution is -0.131. The summed E-state index contributed by atoms with van der Waals surface area (Å²) >= 11 is 0. The minimum Gasteiger partial charge on any atom is -0.277 e. The molecule has 0 spiro atoms. The van der Waals surface area contributed by atoms with E-state index in [0.29, 0.717) is 12.8 Å². The third-order valence-electron chi connectivity index (χ3n) is 3.10. The van der Waals surface area contributed by atoms with Crippen LogP contribution in [0.15, 0.2) is 6.07 Å². The van der Waals surface area contributed by atoms with Gasteiger partial charge in [0.2, 0.25) is 5.91 Å². The van der Waals surface area contributed by atoms with Crippen LogP contribution < -0.4 is 5.48 Å². The zero-order valence-electron chi connectivity index (χ0n) is 11.6. The summed E-state index contributed by atoms with van der Waals surface area (Å²) in [5.41, 5.74) is 7.12. The second-order valence-corrected chi connectivity index (χ2v) is 4.55. The highest BCUT2D eigenvalue weighted by Gasteiger charge is 2.12. The molecular formula is C13H18N4O2. The molecule has 1 amide bonds. The van der Waals surface area contributed by atoms with E-state index < -0.39 is 0 Å². The first-order valence-corrected chi connectivity index (χ1v) is 6.17. The van der Waals surface area contributed by atoms with Crippen molar-refractivity contribution in [2.24, 2.45) is 0 Å². The van der Waals surface area contributed by atoms with E-state index in [2.05, 4.69) is 20.4 Å². The van der Waals surface area contributed by atoms with E-state index in [0.717, 1.165) is 28.3 Å². The zero-order chi connectivity index (χ0) is 14.0. The normalized spacial score (nSPS) is 10.9. The lowest BCUT2D eigenvalue weighted by Crippen LogP contribution is -2.22. The molecule has 0 aliphatic heterocycles. The molecule has 2 aromatic heterocycles. The summed E-state index contributed by atoms with van der Waals surface area (Å²) < 4.78 is 1.83. The van der Waals surface area contributed by atoms with Crippen LogP contribution in [0.3, 0.4) is 0 Å². The van der Waals surface area contributed by atoms with Gasteiger partial charge in [0.25, 0.3) is 0 Å². The number of nitrogens with one attached hydrogen (secondary N) is 1. The molecule has 0 bridgehead atoms. The van der Waals surface area contributed by atoms with Crippen LogP contribution in [0.5, 0.6) is 0 Å². The SMILES string of the molecule is CONC(=O)CCc1c(C)nc2cc(C)nn2c1C. The van der Waals surface area contributed by atoms with Gasteiger partial charge in [-0.25, -0.2) is 15.0 Å². The average Bonchev–Trinajstić information content (AvgIpc) is 2.70. The number of aryl methyl sites for hydroxylation is 3. The van der Waals surface area contributed by atoms with E-state index in [9.17, 15) is 4.79 Å². The van der Waals surface area contributed by atoms with Crippen molar-refractivity contribution in [3.05, 3.63) is 28.7 Å². The summed E-state index contributed by atoms with van der Waals surface area (Å²) in [5, 5.41) is 4.41. The number of fused-ring (bicyclic) bond motifs is 1. The fourth-order valence-corrected chi connectivity index (χ4v) is 2.21. The highest BCUT2D eigenvalue weighted by Crippen LogP contribution is 2.16. The van der Waals surface area contributed by atoms with E-state index in [-0.39, 0.29) is 5.91 Å². The molecule has 102 valence electrons. The number of rotatable bonds is 4. The Morgan fingerprint density at radius 3 is 2.84 bits per heavy atom. The number of carbonyl (C=O) groups excluding carboxylic acids is 1. The number of carbonyl (C=O) groups is 1. The van der Waals surface area contributed by atoms with Crippen LogP contribution in [0.4, 0.5) is 0 Å². The molecule has 6 nitrogen and oxygen atoms in total. The molecule has 0 radical (unpaired) electrons. The smallest absolute Gasteiger partial charge is 0.243 e. The Bertz CT molecular complexity index is 619. The van der Waals surface area contributed by atoms with Crippen LogP contribution in [0.2, 0.25) is 0 Å². The van der Waals surface area contributed by atoms with Gasteiger partial charge in [-0.05, 0) is 32.8 Å². The maximum absolute atomic E-state index is 11.4. The summed E-state index contributed by atoms with van der Waals surface area (Å²) in [5.74, 6) is -0.141. The first-order valence-electron chi connectivity index (χ1n) is 6.17. The molecule has 0 unspecified atom stereocenters. The van der Waals surface area contributed by atoms with Gasteiger partial charge in [0.15, 0.2) is 5.65 Å². The molecule has 2 rings (SSSR count). The molecule has 19 heavy (non-hydrogen) atoms. The molecular weight excluding hydrogens is 244 g/mol. The Morgan fingerprint density at radius 1 is 1.42 bits per heavy atom.